The van der Waals surface area contributed by atoms with Gasteiger partial charge in [-0.15, -0.1) is 0 Å². The zero-order valence-corrected chi connectivity index (χ0v) is 21.3. The molecule has 0 aromatic carbocycles. The molecule has 0 aliphatic rings. The lowest BCUT2D eigenvalue weighted by Crippen LogP contribution is -2.37. The van der Waals surface area contributed by atoms with Crippen molar-refractivity contribution in [1.29, 1.82) is 0 Å². The number of H-pyrrole nitrogens is 4. The summed E-state index contributed by atoms with van der Waals surface area (Å²) in [5, 5.41) is 0. The summed E-state index contributed by atoms with van der Waals surface area (Å²) >= 11 is 0. The number of aromatic amines is 4. The zero-order chi connectivity index (χ0) is 30.0. The van der Waals surface area contributed by atoms with E-state index >= 15 is 0 Å². The summed E-state index contributed by atoms with van der Waals surface area (Å²) in [5.41, 5.74) is 18.4. The SMILES string of the molecule is Cc1cc(=O)n(C)c(=O)n1C.Cn1c(N)cc(=O)[nH]c1=O.Nc1cc(=O)[nH]c(=O)[nH]1.Nc1cc(=O)[nH]c(N)n1. The second-order valence-electron chi connectivity index (χ2n) is 7.55. The molecule has 0 unspecified atom stereocenters. The summed E-state index contributed by atoms with van der Waals surface area (Å²) in [6.45, 7) is 1.72. The van der Waals surface area contributed by atoms with Gasteiger partial charge in [0.25, 0.3) is 22.2 Å². The number of nitrogen functional groups attached to an aromatic ring is 4. The van der Waals surface area contributed by atoms with Crippen LogP contribution in [0, 0.1) is 6.92 Å². The van der Waals surface area contributed by atoms with Crippen LogP contribution < -0.4 is 62.2 Å². The van der Waals surface area contributed by atoms with Gasteiger partial charge in [0.05, 0.1) is 0 Å². The number of anilines is 4. The van der Waals surface area contributed by atoms with Crippen LogP contribution in [0.15, 0.2) is 57.8 Å². The molecule has 19 heteroatoms. The van der Waals surface area contributed by atoms with Crippen LogP contribution in [-0.4, -0.2) is 38.6 Å². The van der Waals surface area contributed by atoms with Crippen molar-refractivity contribution in [2.75, 3.05) is 22.9 Å². The highest BCUT2D eigenvalue weighted by Crippen LogP contribution is 1.90. The molecule has 4 heterocycles. The first-order chi connectivity index (χ1) is 18.0. The fourth-order valence-corrected chi connectivity index (χ4v) is 2.40. The summed E-state index contributed by atoms with van der Waals surface area (Å²) < 4.78 is 3.66. The highest BCUT2D eigenvalue weighted by atomic mass is 16.2. The van der Waals surface area contributed by atoms with Crippen LogP contribution in [0.1, 0.15) is 5.69 Å². The van der Waals surface area contributed by atoms with E-state index in [1.807, 2.05) is 4.98 Å². The van der Waals surface area contributed by atoms with Gasteiger partial charge >= 0.3 is 17.1 Å². The number of rotatable bonds is 0. The van der Waals surface area contributed by atoms with Crippen molar-refractivity contribution < 1.29 is 0 Å². The molecule has 0 aliphatic carbocycles. The van der Waals surface area contributed by atoms with Gasteiger partial charge in [-0.2, -0.15) is 4.98 Å². The summed E-state index contributed by atoms with van der Waals surface area (Å²) in [6, 6.07) is 4.85. The smallest absolute Gasteiger partial charge is 0.330 e. The standard InChI is InChI=1S/C7H10N2O2.C5H7N3O2.C4H6N4O.C4H5N3O2/c1-5-4-6(10)9(3)7(11)8(5)2;1-8-3(6)2-4(9)7-5(8)10;5-2-1-3(9)8-4(6)7-2;5-2-1-3(8)7-4(9)6-2/h4H,1-3H3;2H,6H2,1H3,(H,7,9,10);1H,(H5,5,6,7,8,9);1H,(H4,5,6,7,8,9). The fraction of sp³-hybridized carbons (Fsp3) is 0.200. The molecule has 12 N–H and O–H groups in total. The Bertz CT molecular complexity index is 1800. The molecular formula is C20H28N12O7. The van der Waals surface area contributed by atoms with Crippen LogP contribution >= 0.6 is 0 Å². The third-order valence-corrected chi connectivity index (χ3v) is 4.53. The van der Waals surface area contributed by atoms with Gasteiger partial charge in [-0.05, 0) is 6.92 Å². The Labute approximate surface area is 216 Å². The topological polar surface area (TPSA) is 314 Å². The van der Waals surface area contributed by atoms with Gasteiger partial charge in [0.2, 0.25) is 5.95 Å². The fourth-order valence-electron chi connectivity index (χ4n) is 2.40. The maximum absolute atomic E-state index is 11.1. The molecule has 19 nitrogen and oxygen atoms in total. The summed E-state index contributed by atoms with van der Waals surface area (Å²) in [7, 11) is 4.58. The molecule has 0 spiro atoms. The lowest BCUT2D eigenvalue weighted by Gasteiger charge is -2.03. The Morgan fingerprint density at radius 1 is 0.667 bits per heavy atom. The maximum Gasteiger partial charge on any atom is 0.330 e. The number of hydrogen-bond donors (Lipinski definition) is 8. The molecule has 4 aromatic heterocycles. The van der Waals surface area contributed by atoms with E-state index in [9.17, 15) is 33.6 Å². The third-order valence-electron chi connectivity index (χ3n) is 4.53. The highest BCUT2D eigenvalue weighted by Gasteiger charge is 1.99. The van der Waals surface area contributed by atoms with Crippen molar-refractivity contribution in [1.82, 2.24) is 38.6 Å². The Kier molecular flexibility index (Phi) is 10.7. The second kappa shape index (κ2) is 13.4. The van der Waals surface area contributed by atoms with E-state index in [-0.39, 0.29) is 40.2 Å². The van der Waals surface area contributed by atoms with Gasteiger partial charge in [-0.1, -0.05) is 0 Å². The van der Waals surface area contributed by atoms with Gasteiger partial charge < -0.3 is 27.5 Å². The maximum atomic E-state index is 11.1. The minimum atomic E-state index is -0.583. The molecule has 0 saturated carbocycles. The Hall–Kier alpha value is -5.88. The molecule has 210 valence electrons. The van der Waals surface area contributed by atoms with Gasteiger partial charge in [0, 0.05) is 51.1 Å². The molecule has 0 bridgehead atoms. The van der Waals surface area contributed by atoms with E-state index < -0.39 is 22.5 Å². The number of nitrogens with one attached hydrogen (secondary N) is 4. The monoisotopic (exact) mass is 548 g/mol. The van der Waals surface area contributed by atoms with Gasteiger partial charge in [0.15, 0.2) is 0 Å². The number of hydrogen-bond acceptors (Lipinski definition) is 12. The summed E-state index contributed by atoms with van der Waals surface area (Å²) in [5.74, 6) is 0.411. The van der Waals surface area contributed by atoms with Crippen molar-refractivity contribution in [3.8, 4) is 0 Å². The summed E-state index contributed by atoms with van der Waals surface area (Å²) in [6.07, 6.45) is 0. The molecule has 0 aliphatic heterocycles. The minimum absolute atomic E-state index is 0.0417. The quantitative estimate of drug-likeness (QED) is 0.103. The number of aromatic nitrogens is 8. The lowest BCUT2D eigenvalue weighted by molar-refractivity contribution is 0.667. The zero-order valence-electron chi connectivity index (χ0n) is 21.3. The number of aryl methyl sites for hydroxylation is 1. The second-order valence-corrected chi connectivity index (χ2v) is 7.55. The van der Waals surface area contributed by atoms with Crippen molar-refractivity contribution in [2.45, 2.75) is 6.92 Å². The van der Waals surface area contributed by atoms with E-state index in [4.69, 9.17) is 22.9 Å². The first kappa shape index (κ1) is 31.2. The lowest BCUT2D eigenvalue weighted by atomic mass is 10.4. The molecule has 0 radical (unpaired) electrons. The van der Waals surface area contributed by atoms with E-state index in [1.165, 1.54) is 24.7 Å². The average molecular weight is 549 g/mol. The van der Waals surface area contributed by atoms with Crippen LogP contribution in [0.3, 0.4) is 0 Å². The van der Waals surface area contributed by atoms with Crippen LogP contribution in [0.2, 0.25) is 0 Å². The van der Waals surface area contributed by atoms with Gasteiger partial charge in [-0.25, -0.2) is 14.4 Å². The Morgan fingerprint density at radius 3 is 1.72 bits per heavy atom. The van der Waals surface area contributed by atoms with Crippen molar-refractivity contribution in [2.24, 2.45) is 21.1 Å². The summed E-state index contributed by atoms with van der Waals surface area (Å²) in [4.78, 5) is 86.4. The van der Waals surface area contributed by atoms with Gasteiger partial charge in [-0.3, -0.25) is 48.2 Å². The minimum Gasteiger partial charge on any atom is -0.385 e. The molecule has 4 aromatic rings. The predicted molar refractivity (Wildman–Crippen MR) is 144 cm³/mol. The first-order valence-corrected chi connectivity index (χ1v) is 10.5. The van der Waals surface area contributed by atoms with E-state index in [0.29, 0.717) is 5.69 Å². The molecule has 0 fully saturated rings. The Morgan fingerprint density at radius 2 is 1.23 bits per heavy atom. The first-order valence-electron chi connectivity index (χ1n) is 10.5. The molecular weight excluding hydrogens is 520 g/mol. The third kappa shape index (κ3) is 9.95. The van der Waals surface area contributed by atoms with Crippen molar-refractivity contribution in [3.63, 3.8) is 0 Å². The molecule has 39 heavy (non-hydrogen) atoms. The molecule has 0 atom stereocenters. The average Bonchev–Trinajstić information content (AvgIpc) is 2.79. The van der Waals surface area contributed by atoms with Crippen LogP contribution in [-0.2, 0) is 21.1 Å². The van der Waals surface area contributed by atoms with Crippen molar-refractivity contribution >= 4 is 23.4 Å². The van der Waals surface area contributed by atoms with E-state index in [1.54, 1.807) is 14.0 Å². The number of nitrogens with zero attached hydrogens (tertiary/aromatic N) is 4. The molecule has 0 amide bonds. The predicted octanol–water partition coefficient (Wildman–Crippen LogP) is -4.37. The van der Waals surface area contributed by atoms with Crippen LogP contribution in [0.5, 0.6) is 0 Å². The highest BCUT2D eigenvalue weighted by molar-refractivity contribution is 5.31. The number of nitrogens with two attached hydrogens (primary N) is 4. The molecule has 4 rings (SSSR count). The van der Waals surface area contributed by atoms with Crippen molar-refractivity contribution in [3.05, 3.63) is 103 Å². The molecule has 0 saturated heterocycles. The van der Waals surface area contributed by atoms with Gasteiger partial charge in [0.1, 0.15) is 17.5 Å². The van der Waals surface area contributed by atoms with E-state index in [2.05, 4.69) is 19.9 Å². The normalized spacial score (nSPS) is 9.64. The van der Waals surface area contributed by atoms with Crippen LogP contribution in [0.25, 0.3) is 0 Å². The van der Waals surface area contributed by atoms with E-state index in [0.717, 1.165) is 27.3 Å². The Balaban J connectivity index is 0.000000261. The van der Waals surface area contributed by atoms with Crippen LogP contribution in [0.4, 0.5) is 23.4 Å². The largest absolute Gasteiger partial charge is 0.385 e.